The minimum atomic E-state index is -0.267. The van der Waals surface area contributed by atoms with E-state index >= 15 is 0 Å². The maximum Gasteiger partial charge on any atom is 0.164 e. The predicted octanol–water partition coefficient (Wildman–Crippen LogP) is 3.25. The first-order chi connectivity index (χ1) is 7.69. The summed E-state index contributed by atoms with van der Waals surface area (Å²) < 4.78 is 13.6. The Kier molecular flexibility index (Phi) is 2.32. The number of hydrogen-bond donors (Lipinski definition) is 0. The summed E-state index contributed by atoms with van der Waals surface area (Å²) >= 11 is 5.80. The Morgan fingerprint density at radius 2 is 1.94 bits per heavy atom. The lowest BCUT2D eigenvalue weighted by atomic mass is 9.93. The fourth-order valence-electron chi connectivity index (χ4n) is 2.54. The van der Waals surface area contributed by atoms with Gasteiger partial charge in [0.1, 0.15) is 5.15 Å². The highest BCUT2D eigenvalue weighted by Gasteiger charge is 2.44. The van der Waals surface area contributed by atoms with Crippen molar-refractivity contribution in [2.45, 2.75) is 25.7 Å². The summed E-state index contributed by atoms with van der Waals surface area (Å²) in [4.78, 5) is 5.83. The Morgan fingerprint density at radius 1 is 1.25 bits per heavy atom. The fourth-order valence-corrected chi connectivity index (χ4v) is 2.70. The molecule has 1 saturated heterocycles. The second-order valence-corrected chi connectivity index (χ2v) is 5.33. The second kappa shape index (κ2) is 3.59. The molecule has 1 spiro atoms. The Morgan fingerprint density at radius 3 is 2.56 bits per heavy atom. The van der Waals surface area contributed by atoms with Crippen molar-refractivity contribution < 1.29 is 4.39 Å². The Balaban J connectivity index is 1.79. The van der Waals surface area contributed by atoms with Crippen LogP contribution < -0.4 is 4.90 Å². The molecular formula is C12H14ClFN2. The molecule has 1 saturated carbocycles. The van der Waals surface area contributed by atoms with Gasteiger partial charge in [-0.1, -0.05) is 11.6 Å². The SMILES string of the molecule is Fc1cnc(Cl)cc1N1CCC2(CC1)CC2. The highest BCUT2D eigenvalue weighted by atomic mass is 35.5. The monoisotopic (exact) mass is 240 g/mol. The Bertz CT molecular complexity index is 407. The third-order valence-corrected chi connectivity index (χ3v) is 4.13. The number of hydrogen-bond acceptors (Lipinski definition) is 2. The van der Waals surface area contributed by atoms with Crippen LogP contribution in [-0.4, -0.2) is 18.1 Å². The summed E-state index contributed by atoms with van der Waals surface area (Å²) in [6.07, 6.45) is 6.30. The zero-order chi connectivity index (χ0) is 11.2. The van der Waals surface area contributed by atoms with Crippen molar-refractivity contribution in [3.05, 3.63) is 23.2 Å². The molecule has 1 aromatic heterocycles. The summed E-state index contributed by atoms with van der Waals surface area (Å²) in [6.45, 7) is 1.88. The Labute approximate surface area is 99.4 Å². The van der Waals surface area contributed by atoms with Crippen molar-refractivity contribution in [1.82, 2.24) is 4.98 Å². The average Bonchev–Trinajstić information content (AvgIpc) is 3.03. The van der Waals surface area contributed by atoms with E-state index in [9.17, 15) is 4.39 Å². The van der Waals surface area contributed by atoms with Crippen LogP contribution >= 0.6 is 11.6 Å². The van der Waals surface area contributed by atoms with Gasteiger partial charge in [-0.25, -0.2) is 9.37 Å². The smallest absolute Gasteiger partial charge is 0.164 e. The Hall–Kier alpha value is -0.830. The maximum atomic E-state index is 13.6. The van der Waals surface area contributed by atoms with Gasteiger partial charge < -0.3 is 4.90 Å². The third kappa shape index (κ3) is 1.77. The van der Waals surface area contributed by atoms with E-state index in [-0.39, 0.29) is 5.82 Å². The van der Waals surface area contributed by atoms with Gasteiger partial charge in [0.25, 0.3) is 0 Å². The lowest BCUT2D eigenvalue weighted by Gasteiger charge is -2.33. The van der Waals surface area contributed by atoms with Crippen LogP contribution in [0.2, 0.25) is 5.15 Å². The van der Waals surface area contributed by atoms with Gasteiger partial charge in [0.15, 0.2) is 5.82 Å². The minimum absolute atomic E-state index is 0.267. The van der Waals surface area contributed by atoms with Gasteiger partial charge in [0.2, 0.25) is 0 Å². The largest absolute Gasteiger partial charge is 0.369 e. The summed E-state index contributed by atoms with van der Waals surface area (Å²) in [5, 5.41) is 0.364. The van der Waals surface area contributed by atoms with E-state index < -0.39 is 0 Å². The standard InChI is InChI=1S/C12H14ClFN2/c13-11-7-10(9(14)8-15-11)16-5-3-12(1-2-12)4-6-16/h7-8H,1-6H2. The molecule has 0 N–H and O–H groups in total. The van der Waals surface area contributed by atoms with E-state index in [2.05, 4.69) is 9.88 Å². The molecule has 1 aliphatic heterocycles. The molecule has 16 heavy (non-hydrogen) atoms. The molecule has 0 radical (unpaired) electrons. The molecule has 2 fully saturated rings. The molecule has 2 heterocycles. The number of anilines is 1. The van der Waals surface area contributed by atoms with Gasteiger partial charge in [-0.15, -0.1) is 0 Å². The van der Waals surface area contributed by atoms with Crippen molar-refractivity contribution in [3.63, 3.8) is 0 Å². The summed E-state index contributed by atoms with van der Waals surface area (Å²) in [6, 6.07) is 1.63. The molecular weight excluding hydrogens is 227 g/mol. The van der Waals surface area contributed by atoms with E-state index in [0.717, 1.165) is 13.1 Å². The molecule has 0 unspecified atom stereocenters. The molecule has 4 heteroatoms. The highest BCUT2D eigenvalue weighted by molar-refractivity contribution is 6.29. The number of nitrogens with zero attached hydrogens (tertiary/aromatic N) is 2. The van der Waals surface area contributed by atoms with E-state index in [0.29, 0.717) is 16.3 Å². The quantitative estimate of drug-likeness (QED) is 0.701. The summed E-state index contributed by atoms with van der Waals surface area (Å²) in [7, 11) is 0. The highest BCUT2D eigenvalue weighted by Crippen LogP contribution is 2.54. The van der Waals surface area contributed by atoms with Gasteiger partial charge in [0, 0.05) is 19.2 Å². The van der Waals surface area contributed by atoms with Crippen LogP contribution in [0.1, 0.15) is 25.7 Å². The third-order valence-electron chi connectivity index (χ3n) is 3.92. The van der Waals surface area contributed by atoms with Gasteiger partial charge in [-0.3, -0.25) is 0 Å². The minimum Gasteiger partial charge on any atom is -0.369 e. The van der Waals surface area contributed by atoms with Gasteiger partial charge in [0.05, 0.1) is 11.9 Å². The lowest BCUT2D eigenvalue weighted by Crippen LogP contribution is -2.35. The predicted molar refractivity (Wildman–Crippen MR) is 62.3 cm³/mol. The van der Waals surface area contributed by atoms with E-state index in [1.807, 2.05) is 0 Å². The van der Waals surface area contributed by atoms with Gasteiger partial charge >= 0.3 is 0 Å². The summed E-state index contributed by atoms with van der Waals surface area (Å²) in [5.41, 5.74) is 1.22. The molecule has 0 atom stereocenters. The van der Waals surface area contributed by atoms with Crippen LogP contribution in [0, 0.1) is 11.2 Å². The number of aromatic nitrogens is 1. The molecule has 1 aromatic rings. The molecule has 0 bridgehead atoms. The van der Waals surface area contributed by atoms with E-state index in [1.54, 1.807) is 6.07 Å². The topological polar surface area (TPSA) is 16.1 Å². The number of halogens is 2. The molecule has 3 rings (SSSR count). The molecule has 2 nitrogen and oxygen atoms in total. The van der Waals surface area contributed by atoms with Crippen LogP contribution in [0.25, 0.3) is 0 Å². The lowest BCUT2D eigenvalue weighted by molar-refractivity contribution is 0.382. The number of piperidine rings is 1. The molecule has 86 valence electrons. The maximum absolute atomic E-state index is 13.6. The zero-order valence-electron chi connectivity index (χ0n) is 9.05. The van der Waals surface area contributed by atoms with Crippen LogP contribution in [0.15, 0.2) is 12.3 Å². The van der Waals surface area contributed by atoms with Crippen LogP contribution in [0.5, 0.6) is 0 Å². The average molecular weight is 241 g/mol. The molecule has 2 aliphatic rings. The number of rotatable bonds is 1. The first-order valence-corrected chi connectivity index (χ1v) is 6.12. The van der Waals surface area contributed by atoms with Crippen LogP contribution in [0.4, 0.5) is 10.1 Å². The second-order valence-electron chi connectivity index (χ2n) is 4.95. The molecule has 0 amide bonds. The van der Waals surface area contributed by atoms with Crippen molar-refractivity contribution in [3.8, 4) is 0 Å². The molecule has 0 aromatic carbocycles. The van der Waals surface area contributed by atoms with Crippen LogP contribution in [-0.2, 0) is 0 Å². The van der Waals surface area contributed by atoms with Crippen molar-refractivity contribution in [1.29, 1.82) is 0 Å². The molecule has 1 aliphatic carbocycles. The van der Waals surface area contributed by atoms with Crippen LogP contribution in [0.3, 0.4) is 0 Å². The fraction of sp³-hybridized carbons (Fsp3) is 0.583. The van der Waals surface area contributed by atoms with E-state index in [4.69, 9.17) is 11.6 Å². The normalized spacial score (nSPS) is 22.5. The van der Waals surface area contributed by atoms with Crippen molar-refractivity contribution >= 4 is 17.3 Å². The number of pyridine rings is 1. The van der Waals surface area contributed by atoms with Gasteiger partial charge in [-0.05, 0) is 31.1 Å². The zero-order valence-corrected chi connectivity index (χ0v) is 9.80. The first-order valence-electron chi connectivity index (χ1n) is 5.75. The van der Waals surface area contributed by atoms with Crippen molar-refractivity contribution in [2.24, 2.45) is 5.41 Å². The van der Waals surface area contributed by atoms with Gasteiger partial charge in [-0.2, -0.15) is 0 Å². The summed E-state index contributed by atoms with van der Waals surface area (Å²) in [5.74, 6) is -0.267. The first kappa shape index (κ1) is 10.3. The van der Waals surface area contributed by atoms with Crippen molar-refractivity contribution in [2.75, 3.05) is 18.0 Å². The van der Waals surface area contributed by atoms with E-state index in [1.165, 1.54) is 31.9 Å².